The van der Waals surface area contributed by atoms with Crippen molar-refractivity contribution in [3.8, 4) is 0 Å². The van der Waals surface area contributed by atoms with Crippen LogP contribution in [-0.2, 0) is 10.9 Å². The smallest absolute Gasteiger partial charge is 0.435 e. The summed E-state index contributed by atoms with van der Waals surface area (Å²) in [7, 11) is 0. The zero-order chi connectivity index (χ0) is 18.3. The van der Waals surface area contributed by atoms with Crippen molar-refractivity contribution in [1.82, 2.24) is 14.7 Å². The standard InChI is InChI=1S/C14H18F3N3O4/c1-13(2,3)24-12(23)19-5-4-8(7-19)20-9(11(21)22)6-10(18-20)14(15,16)17/h6,8H,4-5,7H2,1-3H3,(H,21,22)/t8-/m1/s1. The van der Waals surface area contributed by atoms with Crippen molar-refractivity contribution < 1.29 is 32.6 Å². The SMILES string of the molecule is CC(C)(C)OC(=O)N1CC[C@@H](n2nc(C(F)(F)F)cc2C(=O)O)C1. The van der Waals surface area contributed by atoms with Gasteiger partial charge in [-0.2, -0.15) is 18.3 Å². The number of nitrogens with zero attached hydrogens (tertiary/aromatic N) is 3. The maximum Gasteiger partial charge on any atom is 0.435 e. The molecule has 1 atom stereocenters. The van der Waals surface area contributed by atoms with Crippen LogP contribution in [-0.4, -0.2) is 50.5 Å². The molecule has 1 aromatic heterocycles. The number of aromatic nitrogens is 2. The summed E-state index contributed by atoms with van der Waals surface area (Å²) in [5.74, 6) is -1.51. The van der Waals surface area contributed by atoms with Gasteiger partial charge in [-0.15, -0.1) is 0 Å². The Kier molecular flexibility index (Phi) is 4.51. The van der Waals surface area contributed by atoms with Crippen molar-refractivity contribution in [1.29, 1.82) is 0 Å². The van der Waals surface area contributed by atoms with E-state index in [4.69, 9.17) is 9.84 Å². The molecule has 0 radical (unpaired) electrons. The molecule has 7 nitrogen and oxygen atoms in total. The van der Waals surface area contributed by atoms with Gasteiger partial charge in [-0.1, -0.05) is 0 Å². The monoisotopic (exact) mass is 349 g/mol. The minimum Gasteiger partial charge on any atom is -0.477 e. The molecular formula is C14H18F3N3O4. The summed E-state index contributed by atoms with van der Waals surface area (Å²) in [4.78, 5) is 24.5. The van der Waals surface area contributed by atoms with E-state index in [9.17, 15) is 22.8 Å². The number of carbonyl (C=O) groups is 2. The van der Waals surface area contributed by atoms with Crippen molar-refractivity contribution in [2.45, 2.75) is 45.0 Å². The van der Waals surface area contributed by atoms with E-state index in [1.165, 1.54) is 4.90 Å². The molecule has 1 amide bonds. The van der Waals surface area contributed by atoms with Crippen LogP contribution in [0.3, 0.4) is 0 Å². The van der Waals surface area contributed by atoms with E-state index in [1.54, 1.807) is 20.8 Å². The molecule has 0 aliphatic carbocycles. The molecule has 0 unspecified atom stereocenters. The van der Waals surface area contributed by atoms with Gasteiger partial charge < -0.3 is 14.7 Å². The summed E-state index contributed by atoms with van der Waals surface area (Å²) in [6, 6.07) is -0.155. The van der Waals surface area contributed by atoms with Crippen LogP contribution in [0.15, 0.2) is 6.07 Å². The lowest BCUT2D eigenvalue weighted by atomic mass is 10.2. The number of ether oxygens (including phenoxy) is 1. The molecule has 1 N–H and O–H groups in total. The van der Waals surface area contributed by atoms with E-state index in [0.717, 1.165) is 4.68 Å². The molecule has 1 aromatic rings. The van der Waals surface area contributed by atoms with Crippen LogP contribution in [0.4, 0.5) is 18.0 Å². The van der Waals surface area contributed by atoms with Gasteiger partial charge in [0, 0.05) is 19.2 Å². The maximum absolute atomic E-state index is 12.8. The van der Waals surface area contributed by atoms with Crippen molar-refractivity contribution in [2.75, 3.05) is 13.1 Å². The molecular weight excluding hydrogens is 331 g/mol. The summed E-state index contributed by atoms with van der Waals surface area (Å²) < 4.78 is 44.3. The Morgan fingerprint density at radius 1 is 1.33 bits per heavy atom. The fraction of sp³-hybridized carbons (Fsp3) is 0.643. The zero-order valence-electron chi connectivity index (χ0n) is 13.4. The highest BCUT2D eigenvalue weighted by molar-refractivity contribution is 5.85. The second kappa shape index (κ2) is 5.99. The number of likely N-dealkylation sites (tertiary alicyclic amines) is 1. The van der Waals surface area contributed by atoms with Crippen molar-refractivity contribution >= 4 is 12.1 Å². The fourth-order valence-electron chi connectivity index (χ4n) is 2.40. The van der Waals surface area contributed by atoms with Crippen LogP contribution in [0.25, 0.3) is 0 Å². The predicted molar refractivity (Wildman–Crippen MR) is 75.6 cm³/mol. The number of alkyl halides is 3. The first-order chi connectivity index (χ1) is 10.9. The van der Waals surface area contributed by atoms with Crippen molar-refractivity contribution in [3.05, 3.63) is 17.5 Å². The predicted octanol–water partition coefficient (Wildman–Crippen LogP) is 2.78. The molecule has 0 saturated carbocycles. The maximum atomic E-state index is 12.8. The summed E-state index contributed by atoms with van der Waals surface area (Å²) in [5, 5.41) is 12.5. The Bertz CT molecular complexity index is 649. The Labute approximate surface area is 136 Å². The largest absolute Gasteiger partial charge is 0.477 e. The number of hydrogen-bond donors (Lipinski definition) is 1. The zero-order valence-corrected chi connectivity index (χ0v) is 13.4. The molecule has 0 spiro atoms. The van der Waals surface area contributed by atoms with E-state index in [-0.39, 0.29) is 13.1 Å². The molecule has 1 aliphatic heterocycles. The van der Waals surface area contributed by atoms with Gasteiger partial charge in [0.15, 0.2) is 5.69 Å². The van der Waals surface area contributed by atoms with Gasteiger partial charge >= 0.3 is 18.2 Å². The molecule has 10 heteroatoms. The van der Waals surface area contributed by atoms with Gasteiger partial charge in [-0.3, -0.25) is 4.68 Å². The first-order valence-corrected chi connectivity index (χ1v) is 7.26. The van der Waals surface area contributed by atoms with Crippen molar-refractivity contribution in [2.24, 2.45) is 0 Å². The Hall–Kier alpha value is -2.26. The van der Waals surface area contributed by atoms with Crippen LogP contribution in [0.1, 0.15) is 49.4 Å². The normalized spacial score (nSPS) is 18.8. The van der Waals surface area contributed by atoms with Crippen molar-refractivity contribution in [3.63, 3.8) is 0 Å². The van der Waals surface area contributed by atoms with E-state index >= 15 is 0 Å². The molecule has 0 aromatic carbocycles. The van der Waals surface area contributed by atoms with Gasteiger partial charge in [-0.25, -0.2) is 9.59 Å². The van der Waals surface area contributed by atoms with Crippen LogP contribution in [0.5, 0.6) is 0 Å². The topological polar surface area (TPSA) is 84.7 Å². The first kappa shape index (κ1) is 18.1. The minimum absolute atomic E-state index is 0.0359. The summed E-state index contributed by atoms with van der Waals surface area (Å²) in [6.45, 7) is 5.38. The fourth-order valence-corrected chi connectivity index (χ4v) is 2.40. The van der Waals surface area contributed by atoms with E-state index in [0.29, 0.717) is 12.5 Å². The molecule has 24 heavy (non-hydrogen) atoms. The third-order valence-electron chi connectivity index (χ3n) is 3.41. The van der Waals surface area contributed by atoms with E-state index in [2.05, 4.69) is 5.10 Å². The Balaban J connectivity index is 2.20. The first-order valence-electron chi connectivity index (χ1n) is 7.26. The quantitative estimate of drug-likeness (QED) is 0.887. The van der Waals surface area contributed by atoms with E-state index in [1.807, 2.05) is 0 Å². The third-order valence-corrected chi connectivity index (χ3v) is 3.41. The third kappa shape index (κ3) is 3.98. The molecule has 1 aliphatic rings. The van der Waals surface area contributed by atoms with Gasteiger partial charge in [0.2, 0.25) is 0 Å². The van der Waals surface area contributed by atoms with Crippen LogP contribution < -0.4 is 0 Å². The lowest BCUT2D eigenvalue weighted by Crippen LogP contribution is -2.35. The number of aromatic carboxylic acids is 1. The lowest BCUT2D eigenvalue weighted by Gasteiger charge is -2.24. The number of carbonyl (C=O) groups excluding carboxylic acids is 1. The minimum atomic E-state index is -4.74. The highest BCUT2D eigenvalue weighted by Crippen LogP contribution is 2.31. The van der Waals surface area contributed by atoms with Crippen LogP contribution in [0, 0.1) is 0 Å². The number of rotatable bonds is 2. The number of amides is 1. The second-order valence-electron chi connectivity index (χ2n) is 6.53. The van der Waals surface area contributed by atoms with Crippen LogP contribution in [0.2, 0.25) is 0 Å². The average Bonchev–Trinajstić information content (AvgIpc) is 3.02. The Morgan fingerprint density at radius 3 is 2.46 bits per heavy atom. The summed E-state index contributed by atoms with van der Waals surface area (Å²) in [6.07, 6.45) is -5.04. The summed E-state index contributed by atoms with van der Waals surface area (Å²) >= 11 is 0. The average molecular weight is 349 g/mol. The van der Waals surface area contributed by atoms with E-state index < -0.39 is 41.3 Å². The lowest BCUT2D eigenvalue weighted by molar-refractivity contribution is -0.141. The van der Waals surface area contributed by atoms with Crippen LogP contribution >= 0.6 is 0 Å². The molecule has 134 valence electrons. The summed E-state index contributed by atoms with van der Waals surface area (Å²) in [5.41, 5.74) is -2.52. The van der Waals surface area contributed by atoms with Gasteiger partial charge in [0.1, 0.15) is 11.3 Å². The Morgan fingerprint density at radius 2 is 1.96 bits per heavy atom. The molecule has 1 saturated heterocycles. The number of hydrogen-bond acceptors (Lipinski definition) is 4. The number of halogens is 3. The highest BCUT2D eigenvalue weighted by Gasteiger charge is 2.39. The second-order valence-corrected chi connectivity index (χ2v) is 6.53. The molecule has 2 heterocycles. The number of carboxylic acid groups (broad SMARTS) is 1. The van der Waals surface area contributed by atoms with Gasteiger partial charge in [-0.05, 0) is 27.2 Å². The highest BCUT2D eigenvalue weighted by atomic mass is 19.4. The van der Waals surface area contributed by atoms with Gasteiger partial charge in [0.25, 0.3) is 0 Å². The number of carboxylic acids is 1. The molecule has 2 rings (SSSR count). The molecule has 0 bridgehead atoms. The molecule has 1 fully saturated rings. The van der Waals surface area contributed by atoms with Gasteiger partial charge in [0.05, 0.1) is 6.04 Å².